The van der Waals surface area contributed by atoms with E-state index in [1.54, 1.807) is 32.4 Å². The van der Waals surface area contributed by atoms with Crippen LogP contribution in [-0.2, 0) is 0 Å². The summed E-state index contributed by atoms with van der Waals surface area (Å²) in [5.41, 5.74) is 2.31. The lowest BCUT2D eigenvalue weighted by molar-refractivity contribution is 0.0684. The Balaban J connectivity index is 1.49. The van der Waals surface area contributed by atoms with E-state index in [1.807, 2.05) is 48.2 Å². The number of ether oxygens (including phenoxy) is 2. The number of rotatable bonds is 7. The molecule has 0 atom stereocenters. The van der Waals surface area contributed by atoms with Crippen molar-refractivity contribution in [3.05, 3.63) is 53.6 Å². The van der Waals surface area contributed by atoms with Crippen molar-refractivity contribution >= 4 is 17.5 Å². The van der Waals surface area contributed by atoms with Crippen molar-refractivity contribution in [3.63, 3.8) is 0 Å². The number of methoxy groups -OCH3 is 2. The number of anilines is 1. The predicted octanol–water partition coefficient (Wildman–Crippen LogP) is 3.05. The maximum atomic E-state index is 12.9. The summed E-state index contributed by atoms with van der Waals surface area (Å²) in [5, 5.41) is 3.03. The van der Waals surface area contributed by atoms with Gasteiger partial charge in [0.15, 0.2) is 11.5 Å². The topological polar surface area (TPSA) is 71.1 Å². The quantitative estimate of drug-likeness (QED) is 0.738. The second-order valence-corrected chi connectivity index (χ2v) is 7.96. The van der Waals surface area contributed by atoms with Crippen LogP contribution in [0.3, 0.4) is 0 Å². The molecule has 1 aliphatic heterocycles. The first-order valence-corrected chi connectivity index (χ1v) is 10.5. The van der Waals surface area contributed by atoms with E-state index in [1.165, 1.54) is 0 Å². The summed E-state index contributed by atoms with van der Waals surface area (Å²) in [5.74, 6) is 1.44. The second-order valence-electron chi connectivity index (χ2n) is 7.96. The number of carbonyl (C=O) groups excluding carboxylic acids is 2. The minimum atomic E-state index is -0.0610. The maximum Gasteiger partial charge on any atom is 0.253 e. The summed E-state index contributed by atoms with van der Waals surface area (Å²) in [6, 6.07) is 12.8. The normalized spacial score (nSPS) is 14.1. The minimum Gasteiger partial charge on any atom is -0.493 e. The van der Waals surface area contributed by atoms with E-state index in [4.69, 9.17) is 9.47 Å². The van der Waals surface area contributed by atoms with E-state index >= 15 is 0 Å². The Kier molecular flexibility index (Phi) is 7.39. The number of likely N-dealkylation sites (tertiary alicyclic amines) is 1. The predicted molar refractivity (Wildman–Crippen MR) is 121 cm³/mol. The molecule has 0 spiro atoms. The van der Waals surface area contributed by atoms with Gasteiger partial charge in [-0.2, -0.15) is 0 Å². The van der Waals surface area contributed by atoms with Crippen LogP contribution in [0.4, 0.5) is 5.69 Å². The number of hydrogen-bond acceptors (Lipinski definition) is 5. The molecule has 1 heterocycles. The highest BCUT2D eigenvalue weighted by Gasteiger charge is 2.24. The van der Waals surface area contributed by atoms with Crippen LogP contribution in [0.25, 0.3) is 0 Å². The van der Waals surface area contributed by atoms with Crippen molar-refractivity contribution in [1.82, 2.24) is 10.2 Å². The molecular formula is C24H31N3O4. The van der Waals surface area contributed by atoms with Crippen LogP contribution in [0, 0.1) is 5.92 Å². The van der Waals surface area contributed by atoms with Gasteiger partial charge in [-0.3, -0.25) is 9.59 Å². The van der Waals surface area contributed by atoms with Crippen LogP contribution in [0.5, 0.6) is 11.5 Å². The SMILES string of the molecule is COc1ccc(C(=O)N2CCC(CNC(=O)c3ccc(N(C)C)cc3)CC2)cc1OC. The highest BCUT2D eigenvalue weighted by atomic mass is 16.5. The molecule has 7 nitrogen and oxygen atoms in total. The Morgan fingerprint density at radius 1 is 0.968 bits per heavy atom. The largest absolute Gasteiger partial charge is 0.493 e. The van der Waals surface area contributed by atoms with Crippen LogP contribution in [0.1, 0.15) is 33.6 Å². The second kappa shape index (κ2) is 10.2. The molecule has 0 bridgehead atoms. The number of nitrogens with zero attached hydrogens (tertiary/aromatic N) is 2. The number of hydrogen-bond donors (Lipinski definition) is 1. The van der Waals surface area contributed by atoms with Gasteiger partial charge >= 0.3 is 0 Å². The molecule has 2 amide bonds. The molecule has 1 aliphatic rings. The fourth-order valence-electron chi connectivity index (χ4n) is 3.74. The lowest BCUT2D eigenvalue weighted by Gasteiger charge is -2.32. The van der Waals surface area contributed by atoms with Crippen molar-refractivity contribution < 1.29 is 19.1 Å². The van der Waals surface area contributed by atoms with Gasteiger partial charge in [-0.1, -0.05) is 0 Å². The molecule has 0 aromatic heterocycles. The van der Waals surface area contributed by atoms with Crippen LogP contribution in [0.2, 0.25) is 0 Å². The van der Waals surface area contributed by atoms with Gasteiger partial charge in [-0.25, -0.2) is 0 Å². The Hall–Kier alpha value is -3.22. The van der Waals surface area contributed by atoms with E-state index in [0.29, 0.717) is 48.2 Å². The maximum absolute atomic E-state index is 12.9. The molecular weight excluding hydrogens is 394 g/mol. The molecule has 3 rings (SSSR count). The monoisotopic (exact) mass is 425 g/mol. The summed E-state index contributed by atoms with van der Waals surface area (Å²) >= 11 is 0. The molecule has 1 N–H and O–H groups in total. The van der Waals surface area contributed by atoms with Gasteiger partial charge in [0.05, 0.1) is 14.2 Å². The standard InChI is InChI=1S/C24H31N3O4/c1-26(2)20-8-5-18(6-9-20)23(28)25-16-17-11-13-27(14-12-17)24(29)19-7-10-21(30-3)22(15-19)31-4/h5-10,15,17H,11-14,16H2,1-4H3,(H,25,28). The van der Waals surface area contributed by atoms with Crippen molar-refractivity contribution in [2.75, 3.05) is 52.8 Å². The third kappa shape index (κ3) is 5.48. The average Bonchev–Trinajstić information content (AvgIpc) is 2.81. The van der Waals surface area contributed by atoms with E-state index in [0.717, 1.165) is 18.5 Å². The summed E-state index contributed by atoms with van der Waals surface area (Å²) < 4.78 is 10.5. The summed E-state index contributed by atoms with van der Waals surface area (Å²) in [4.78, 5) is 29.1. The average molecular weight is 426 g/mol. The fraction of sp³-hybridized carbons (Fsp3) is 0.417. The highest BCUT2D eigenvalue weighted by molar-refractivity contribution is 5.95. The molecule has 166 valence electrons. The van der Waals surface area contributed by atoms with Gasteiger partial charge in [0.1, 0.15) is 0 Å². The number of carbonyl (C=O) groups is 2. The molecule has 31 heavy (non-hydrogen) atoms. The molecule has 0 unspecified atom stereocenters. The van der Waals surface area contributed by atoms with Crippen molar-refractivity contribution in [1.29, 1.82) is 0 Å². The Morgan fingerprint density at radius 3 is 2.16 bits per heavy atom. The van der Waals surface area contributed by atoms with Gasteiger partial charge < -0.3 is 24.6 Å². The summed E-state index contributed by atoms with van der Waals surface area (Å²) in [6.07, 6.45) is 1.72. The number of piperidine rings is 1. The van der Waals surface area contributed by atoms with E-state index in [9.17, 15) is 9.59 Å². The lowest BCUT2D eigenvalue weighted by atomic mass is 9.96. The molecule has 0 aliphatic carbocycles. The van der Waals surface area contributed by atoms with E-state index < -0.39 is 0 Å². The molecule has 1 fully saturated rings. The minimum absolute atomic E-state index is 0.00980. The first-order chi connectivity index (χ1) is 14.9. The number of benzene rings is 2. The van der Waals surface area contributed by atoms with Gasteiger partial charge in [-0.15, -0.1) is 0 Å². The zero-order chi connectivity index (χ0) is 22.4. The molecule has 2 aromatic rings. The first kappa shape index (κ1) is 22.5. The van der Waals surface area contributed by atoms with Crippen molar-refractivity contribution in [3.8, 4) is 11.5 Å². The summed E-state index contributed by atoms with van der Waals surface area (Å²) in [7, 11) is 7.07. The van der Waals surface area contributed by atoms with E-state index in [2.05, 4.69) is 5.32 Å². The van der Waals surface area contributed by atoms with Crippen LogP contribution in [0.15, 0.2) is 42.5 Å². The van der Waals surface area contributed by atoms with Gasteiger partial charge in [-0.05, 0) is 61.2 Å². The summed E-state index contributed by atoms with van der Waals surface area (Å²) in [6.45, 7) is 1.96. The Morgan fingerprint density at radius 2 is 1.58 bits per heavy atom. The van der Waals surface area contributed by atoms with Crippen LogP contribution >= 0.6 is 0 Å². The third-order valence-corrected chi connectivity index (χ3v) is 5.73. The molecule has 7 heteroatoms. The Bertz CT molecular complexity index is 904. The fourth-order valence-corrected chi connectivity index (χ4v) is 3.74. The van der Waals surface area contributed by atoms with Crippen LogP contribution < -0.4 is 19.7 Å². The van der Waals surface area contributed by atoms with E-state index in [-0.39, 0.29) is 11.8 Å². The van der Waals surface area contributed by atoms with Crippen molar-refractivity contribution in [2.24, 2.45) is 5.92 Å². The van der Waals surface area contributed by atoms with Gasteiger partial charge in [0.25, 0.3) is 11.8 Å². The molecule has 1 saturated heterocycles. The zero-order valence-corrected chi connectivity index (χ0v) is 18.7. The molecule has 0 saturated carbocycles. The van der Waals surface area contributed by atoms with Gasteiger partial charge in [0, 0.05) is 50.5 Å². The number of nitrogens with one attached hydrogen (secondary N) is 1. The molecule has 2 aromatic carbocycles. The lowest BCUT2D eigenvalue weighted by Crippen LogP contribution is -2.41. The van der Waals surface area contributed by atoms with Gasteiger partial charge in [0.2, 0.25) is 0 Å². The highest BCUT2D eigenvalue weighted by Crippen LogP contribution is 2.28. The Labute approximate surface area is 183 Å². The first-order valence-electron chi connectivity index (χ1n) is 10.5. The smallest absolute Gasteiger partial charge is 0.253 e. The number of amides is 2. The van der Waals surface area contributed by atoms with Crippen LogP contribution in [-0.4, -0.2) is 64.7 Å². The third-order valence-electron chi connectivity index (χ3n) is 5.73. The van der Waals surface area contributed by atoms with Crippen molar-refractivity contribution in [2.45, 2.75) is 12.8 Å². The zero-order valence-electron chi connectivity index (χ0n) is 18.7. The molecule has 0 radical (unpaired) electrons.